The van der Waals surface area contributed by atoms with E-state index in [1.165, 1.54) is 97.7 Å². The minimum atomic E-state index is 0.323. The zero-order valence-corrected chi connectivity index (χ0v) is 42.6. The van der Waals surface area contributed by atoms with Gasteiger partial charge in [-0.15, -0.1) is 0 Å². The maximum atomic E-state index is 2.40. The molecule has 3 aliphatic rings. The highest BCUT2D eigenvalue weighted by molar-refractivity contribution is 8.00. The monoisotopic (exact) mass is 995 g/mol. The van der Waals surface area contributed by atoms with Crippen LogP contribution in [0.15, 0.2) is 299 Å². The number of benzene rings is 11. The van der Waals surface area contributed by atoms with Gasteiger partial charge in [0.2, 0.25) is 0 Å². The molecule has 0 N–H and O–H groups in total. The SMILES string of the molecule is C1=CC(c2ccc(N3c4ccccc4Sc4ccccc43)cc2)CC=C1c1ccc(N(c2ccc(-c3ccc(-c4ccc(N5c6ccccc6Sc6ccccc65)cc4)cc3)cc2)c2ccc3ccccc3c2)cc1. The maximum absolute atomic E-state index is 2.40. The van der Waals surface area contributed by atoms with Crippen molar-refractivity contribution in [1.82, 2.24) is 0 Å². The van der Waals surface area contributed by atoms with Crippen molar-refractivity contribution in [2.45, 2.75) is 31.9 Å². The van der Waals surface area contributed by atoms with Crippen molar-refractivity contribution in [2.75, 3.05) is 14.7 Å². The lowest BCUT2D eigenvalue weighted by molar-refractivity contribution is 0.856. The van der Waals surface area contributed by atoms with Crippen LogP contribution in [0.1, 0.15) is 23.5 Å². The van der Waals surface area contributed by atoms with Crippen molar-refractivity contribution in [3.05, 3.63) is 290 Å². The minimum Gasteiger partial charge on any atom is -0.310 e. The Hall–Kier alpha value is -8.74. The van der Waals surface area contributed by atoms with Crippen molar-refractivity contribution >= 4 is 91.1 Å². The number of hydrogen-bond acceptors (Lipinski definition) is 5. The predicted molar refractivity (Wildman–Crippen MR) is 318 cm³/mol. The molecule has 356 valence electrons. The molecule has 0 amide bonds. The van der Waals surface area contributed by atoms with Crippen molar-refractivity contribution < 1.29 is 0 Å². The number of allylic oxidation sites excluding steroid dienone is 4. The van der Waals surface area contributed by atoms with Crippen molar-refractivity contribution in [3.63, 3.8) is 0 Å². The topological polar surface area (TPSA) is 9.72 Å². The summed E-state index contributed by atoms with van der Waals surface area (Å²) < 4.78 is 0. The number of anilines is 9. The summed E-state index contributed by atoms with van der Waals surface area (Å²) in [6, 6.07) is 95.3. The van der Waals surface area contributed by atoms with E-state index < -0.39 is 0 Å². The van der Waals surface area contributed by atoms with Crippen LogP contribution in [-0.2, 0) is 0 Å². The van der Waals surface area contributed by atoms with Gasteiger partial charge in [0, 0.05) is 53.9 Å². The quantitative estimate of drug-likeness (QED) is 0.142. The van der Waals surface area contributed by atoms with Gasteiger partial charge in [-0.1, -0.05) is 193 Å². The third-order valence-corrected chi connectivity index (χ3v) is 17.1. The molecule has 3 nitrogen and oxygen atoms in total. The van der Waals surface area contributed by atoms with Gasteiger partial charge in [-0.05, 0) is 165 Å². The van der Waals surface area contributed by atoms with Crippen LogP contribution < -0.4 is 14.7 Å². The second-order valence-corrected chi connectivity index (χ2v) is 21.5. The van der Waals surface area contributed by atoms with E-state index in [9.17, 15) is 0 Å². The van der Waals surface area contributed by atoms with Crippen LogP contribution in [0.2, 0.25) is 0 Å². The fourth-order valence-corrected chi connectivity index (χ4v) is 13.1. The molecule has 0 fully saturated rings. The Balaban J connectivity index is 0.691. The standard InChI is InChI=1S/C70H49N3S2/c1-2-12-57-47-62(46-37-48(57)11-1)71(58-38-29-53(30-39-58)49-21-25-51(26-22-49)55-33-42-60(43-34-55)72-63-13-3-7-17-67(63)74-68-18-8-4-14-64(68)72)59-40-31-54(32-41-59)50-23-27-52(28-24-50)56-35-44-61(45-36-56)73-65-15-5-9-19-69(65)75-70-20-10-6-16-66(70)73/h1-27,29-47,52H,28H2. The highest BCUT2D eigenvalue weighted by Crippen LogP contribution is 2.53. The van der Waals surface area contributed by atoms with Crippen LogP contribution in [0, 0.1) is 0 Å². The first-order chi connectivity index (χ1) is 37.1. The summed E-state index contributed by atoms with van der Waals surface area (Å²) in [5.74, 6) is 0.323. The van der Waals surface area contributed by atoms with Crippen LogP contribution in [0.4, 0.5) is 51.2 Å². The molecule has 0 radical (unpaired) electrons. The van der Waals surface area contributed by atoms with E-state index in [0.717, 1.165) is 29.2 Å². The summed E-state index contributed by atoms with van der Waals surface area (Å²) in [6.45, 7) is 0. The lowest BCUT2D eigenvalue weighted by atomic mass is 9.88. The van der Waals surface area contributed by atoms with Gasteiger partial charge in [0.25, 0.3) is 0 Å². The molecule has 5 heteroatoms. The predicted octanol–water partition coefficient (Wildman–Crippen LogP) is 20.6. The fourth-order valence-electron chi connectivity index (χ4n) is 10.9. The molecule has 0 saturated carbocycles. The number of hydrogen-bond donors (Lipinski definition) is 0. The molecule has 0 spiro atoms. The number of para-hydroxylation sites is 4. The van der Waals surface area contributed by atoms with Gasteiger partial charge < -0.3 is 14.7 Å². The molecule has 14 rings (SSSR count). The first-order valence-corrected chi connectivity index (χ1v) is 27.3. The molecule has 11 aromatic carbocycles. The zero-order valence-electron chi connectivity index (χ0n) is 41.0. The summed E-state index contributed by atoms with van der Waals surface area (Å²) >= 11 is 3.68. The molecular weight excluding hydrogens is 947 g/mol. The van der Waals surface area contributed by atoms with Crippen molar-refractivity contribution in [2.24, 2.45) is 0 Å². The van der Waals surface area contributed by atoms with Gasteiger partial charge in [-0.25, -0.2) is 0 Å². The number of rotatable bonds is 9. The molecule has 2 aliphatic heterocycles. The summed E-state index contributed by atoms with van der Waals surface area (Å²) in [4.78, 5) is 12.2. The van der Waals surface area contributed by atoms with E-state index in [4.69, 9.17) is 0 Å². The molecule has 11 aromatic rings. The summed E-state index contributed by atoms with van der Waals surface area (Å²) in [7, 11) is 0. The Morgan fingerprint density at radius 2 is 0.733 bits per heavy atom. The average Bonchev–Trinajstić information content (AvgIpc) is 3.49. The molecular formula is C70H49N3S2. The van der Waals surface area contributed by atoms with Gasteiger partial charge >= 0.3 is 0 Å². The molecule has 1 unspecified atom stereocenters. The van der Waals surface area contributed by atoms with E-state index in [1.54, 1.807) is 0 Å². The third kappa shape index (κ3) is 8.50. The summed E-state index contributed by atoms with van der Waals surface area (Å²) in [5, 5.41) is 2.44. The minimum absolute atomic E-state index is 0.323. The van der Waals surface area contributed by atoms with Crippen LogP contribution in [0.25, 0.3) is 38.6 Å². The van der Waals surface area contributed by atoms with E-state index in [-0.39, 0.29) is 0 Å². The van der Waals surface area contributed by atoms with Crippen LogP contribution in [0.5, 0.6) is 0 Å². The first kappa shape index (κ1) is 44.9. The lowest BCUT2D eigenvalue weighted by Crippen LogP contribution is -2.14. The summed E-state index contributed by atoms with van der Waals surface area (Å²) in [5.41, 5.74) is 19.1. The van der Waals surface area contributed by atoms with E-state index >= 15 is 0 Å². The number of fused-ring (bicyclic) bond motifs is 5. The molecule has 2 heterocycles. The maximum Gasteiger partial charge on any atom is 0.0601 e. The summed E-state index contributed by atoms with van der Waals surface area (Å²) in [6.07, 6.45) is 8.04. The second-order valence-electron chi connectivity index (χ2n) is 19.3. The molecule has 1 atom stereocenters. The van der Waals surface area contributed by atoms with Gasteiger partial charge in [0.15, 0.2) is 0 Å². The van der Waals surface area contributed by atoms with Crippen molar-refractivity contribution in [3.8, 4) is 22.3 Å². The van der Waals surface area contributed by atoms with Gasteiger partial charge in [0.05, 0.1) is 22.7 Å². The van der Waals surface area contributed by atoms with E-state index in [2.05, 4.69) is 294 Å². The molecule has 0 saturated heterocycles. The lowest BCUT2D eigenvalue weighted by Gasteiger charge is -2.33. The molecule has 1 aliphatic carbocycles. The Bertz CT molecular complexity index is 3880. The fraction of sp³-hybridized carbons (Fsp3) is 0.0286. The van der Waals surface area contributed by atoms with E-state index in [0.29, 0.717) is 5.92 Å². The van der Waals surface area contributed by atoms with Gasteiger partial charge in [0.1, 0.15) is 0 Å². The Morgan fingerprint density at radius 3 is 1.20 bits per heavy atom. The highest BCUT2D eigenvalue weighted by Gasteiger charge is 2.26. The van der Waals surface area contributed by atoms with E-state index in [1.807, 2.05) is 23.5 Å². The highest BCUT2D eigenvalue weighted by atomic mass is 32.2. The van der Waals surface area contributed by atoms with Crippen LogP contribution in [0.3, 0.4) is 0 Å². The van der Waals surface area contributed by atoms with Gasteiger partial charge in [-0.2, -0.15) is 0 Å². The smallest absolute Gasteiger partial charge is 0.0601 e. The number of nitrogens with zero attached hydrogens (tertiary/aromatic N) is 3. The van der Waals surface area contributed by atoms with Crippen LogP contribution in [-0.4, -0.2) is 0 Å². The zero-order chi connectivity index (χ0) is 49.7. The van der Waals surface area contributed by atoms with Crippen LogP contribution >= 0.6 is 23.5 Å². The Kier molecular flexibility index (Phi) is 11.5. The Morgan fingerprint density at radius 1 is 0.347 bits per heavy atom. The normalized spacial score (nSPS) is 14.3. The molecule has 75 heavy (non-hydrogen) atoms. The van der Waals surface area contributed by atoms with Gasteiger partial charge in [-0.3, -0.25) is 0 Å². The molecule has 0 bridgehead atoms. The van der Waals surface area contributed by atoms with Crippen molar-refractivity contribution in [1.29, 1.82) is 0 Å². The third-order valence-electron chi connectivity index (χ3n) is 14.8. The molecule has 0 aromatic heterocycles. The second kappa shape index (κ2) is 19.3. The average molecular weight is 996 g/mol. The largest absolute Gasteiger partial charge is 0.310 e. The first-order valence-electron chi connectivity index (χ1n) is 25.7. The Labute approximate surface area is 447 Å².